The molecule has 0 radical (unpaired) electrons. The van der Waals surface area contributed by atoms with Crippen LogP contribution in [0.15, 0.2) is 47.6 Å². The van der Waals surface area contributed by atoms with Crippen LogP contribution in [0.2, 0.25) is 0 Å². The van der Waals surface area contributed by atoms with E-state index in [1.54, 1.807) is 13.0 Å². The largest absolute Gasteiger partial charge is 0.488 e. The van der Waals surface area contributed by atoms with Crippen LogP contribution in [0.3, 0.4) is 0 Å². The lowest BCUT2D eigenvalue weighted by molar-refractivity contribution is 0.303. The quantitative estimate of drug-likeness (QED) is 0.509. The Morgan fingerprint density at radius 2 is 1.81 bits per heavy atom. The lowest BCUT2D eigenvalue weighted by Crippen LogP contribution is -2.03. The van der Waals surface area contributed by atoms with Crippen LogP contribution >= 0.6 is 0 Å². The van der Waals surface area contributed by atoms with Crippen molar-refractivity contribution in [1.29, 1.82) is 0 Å². The summed E-state index contributed by atoms with van der Waals surface area (Å²) in [5, 5.41) is 12.0. The number of oxime groups is 1. The molecule has 2 aromatic carbocycles. The van der Waals surface area contributed by atoms with E-state index in [1.165, 1.54) is 17.7 Å². The molecule has 0 amide bonds. The smallest absolute Gasteiger partial charge is 0.129 e. The average molecular weight is 287 g/mol. The number of nitrogens with zero attached hydrogens (tertiary/aromatic N) is 1. The minimum atomic E-state index is -0.396. The van der Waals surface area contributed by atoms with Crippen LogP contribution < -0.4 is 4.74 Å². The first kappa shape index (κ1) is 15.0. The van der Waals surface area contributed by atoms with Crippen molar-refractivity contribution in [1.82, 2.24) is 0 Å². The maximum atomic E-state index is 13.3. The minimum absolute atomic E-state index is 0.311. The second-order valence-corrected chi connectivity index (χ2v) is 4.78. The summed E-state index contributed by atoms with van der Waals surface area (Å²) in [4.78, 5) is 0. The molecule has 0 aromatic heterocycles. The molecule has 0 spiro atoms. The van der Waals surface area contributed by atoms with E-state index < -0.39 is 5.82 Å². The Labute approximate surface area is 123 Å². The molecule has 4 heteroatoms. The standard InChI is InChI=1S/C17H18FNO2/c1-3-13-4-6-14(7-5-13)11-21-17-9-8-15(18)10-16(17)12(2)19-20/h4-10,20H,3,11H2,1-2H3/b19-12+. The molecule has 110 valence electrons. The molecule has 0 aliphatic carbocycles. The second-order valence-electron chi connectivity index (χ2n) is 4.78. The first-order valence-corrected chi connectivity index (χ1v) is 6.83. The normalized spacial score (nSPS) is 11.5. The molecule has 0 bridgehead atoms. The summed E-state index contributed by atoms with van der Waals surface area (Å²) < 4.78 is 19.0. The van der Waals surface area contributed by atoms with Gasteiger partial charge in [0.1, 0.15) is 18.2 Å². The van der Waals surface area contributed by atoms with Crippen molar-refractivity contribution >= 4 is 5.71 Å². The fraction of sp³-hybridized carbons (Fsp3) is 0.235. The Kier molecular flexibility index (Phi) is 4.93. The third kappa shape index (κ3) is 3.81. The summed E-state index contributed by atoms with van der Waals surface area (Å²) in [5.74, 6) is 0.0962. The van der Waals surface area contributed by atoms with Gasteiger partial charge in [-0.2, -0.15) is 0 Å². The van der Waals surface area contributed by atoms with E-state index in [1.807, 2.05) is 12.1 Å². The van der Waals surface area contributed by atoms with Crippen molar-refractivity contribution in [3.8, 4) is 5.75 Å². The van der Waals surface area contributed by atoms with Crippen molar-refractivity contribution in [3.05, 3.63) is 65.0 Å². The van der Waals surface area contributed by atoms with Crippen LogP contribution in [0.4, 0.5) is 4.39 Å². The van der Waals surface area contributed by atoms with Crippen molar-refractivity contribution in [2.45, 2.75) is 26.9 Å². The molecular formula is C17H18FNO2. The molecule has 1 N–H and O–H groups in total. The lowest BCUT2D eigenvalue weighted by Gasteiger charge is -2.11. The average Bonchev–Trinajstić information content (AvgIpc) is 2.53. The molecule has 0 atom stereocenters. The van der Waals surface area contributed by atoms with E-state index in [0.29, 0.717) is 23.6 Å². The zero-order valence-electron chi connectivity index (χ0n) is 12.1. The maximum Gasteiger partial charge on any atom is 0.129 e. The van der Waals surface area contributed by atoms with E-state index in [2.05, 4.69) is 24.2 Å². The summed E-state index contributed by atoms with van der Waals surface area (Å²) in [6.45, 7) is 4.08. The topological polar surface area (TPSA) is 41.8 Å². The van der Waals surface area contributed by atoms with Crippen LogP contribution in [0.1, 0.15) is 30.5 Å². The highest BCUT2D eigenvalue weighted by Gasteiger charge is 2.09. The van der Waals surface area contributed by atoms with Gasteiger partial charge in [-0.3, -0.25) is 0 Å². The maximum absolute atomic E-state index is 13.3. The van der Waals surface area contributed by atoms with Crippen molar-refractivity contribution in [2.75, 3.05) is 0 Å². The Bertz CT molecular complexity index is 636. The number of aryl methyl sites for hydroxylation is 1. The second kappa shape index (κ2) is 6.88. The number of rotatable bonds is 5. The van der Waals surface area contributed by atoms with Crippen molar-refractivity contribution < 1.29 is 14.3 Å². The van der Waals surface area contributed by atoms with Gasteiger partial charge in [-0.1, -0.05) is 36.3 Å². The molecule has 0 aliphatic rings. The summed E-state index contributed by atoms with van der Waals surface area (Å²) in [6.07, 6.45) is 0.995. The molecule has 2 aromatic rings. The third-order valence-electron chi connectivity index (χ3n) is 3.31. The summed E-state index contributed by atoms with van der Waals surface area (Å²) in [6, 6.07) is 12.3. The van der Waals surface area contributed by atoms with E-state index >= 15 is 0 Å². The Morgan fingerprint density at radius 1 is 1.14 bits per heavy atom. The molecule has 21 heavy (non-hydrogen) atoms. The van der Waals surface area contributed by atoms with Crippen molar-refractivity contribution in [3.63, 3.8) is 0 Å². The highest BCUT2D eigenvalue weighted by Crippen LogP contribution is 2.22. The van der Waals surface area contributed by atoms with E-state index in [9.17, 15) is 4.39 Å². The molecule has 0 saturated heterocycles. The first-order valence-electron chi connectivity index (χ1n) is 6.83. The third-order valence-corrected chi connectivity index (χ3v) is 3.31. The van der Waals surface area contributed by atoms with Crippen LogP contribution in [0, 0.1) is 5.82 Å². The van der Waals surface area contributed by atoms with E-state index in [4.69, 9.17) is 9.94 Å². The molecule has 0 unspecified atom stereocenters. The van der Waals surface area contributed by atoms with E-state index in [0.717, 1.165) is 12.0 Å². The highest BCUT2D eigenvalue weighted by molar-refractivity contribution is 6.00. The molecule has 0 saturated carbocycles. The van der Waals surface area contributed by atoms with Gasteiger partial charge < -0.3 is 9.94 Å². The van der Waals surface area contributed by atoms with Crippen LogP contribution in [-0.2, 0) is 13.0 Å². The number of ether oxygens (including phenoxy) is 1. The van der Waals surface area contributed by atoms with Gasteiger partial charge >= 0.3 is 0 Å². The van der Waals surface area contributed by atoms with Gasteiger partial charge in [-0.25, -0.2) is 4.39 Å². The predicted molar refractivity (Wildman–Crippen MR) is 80.5 cm³/mol. The monoisotopic (exact) mass is 287 g/mol. The first-order chi connectivity index (χ1) is 10.1. The molecule has 0 heterocycles. The molecule has 3 nitrogen and oxygen atoms in total. The zero-order valence-corrected chi connectivity index (χ0v) is 12.1. The number of hydrogen-bond acceptors (Lipinski definition) is 3. The Hall–Kier alpha value is -2.36. The SMILES string of the molecule is CCc1ccc(COc2ccc(F)cc2/C(C)=N/O)cc1. The van der Waals surface area contributed by atoms with Crippen LogP contribution in [0.25, 0.3) is 0 Å². The molecule has 0 aliphatic heterocycles. The fourth-order valence-corrected chi connectivity index (χ4v) is 2.00. The molecule has 0 fully saturated rings. The van der Waals surface area contributed by atoms with Gasteiger partial charge in [0.25, 0.3) is 0 Å². The number of halogens is 1. The van der Waals surface area contributed by atoms with Crippen molar-refractivity contribution in [2.24, 2.45) is 5.16 Å². The van der Waals surface area contributed by atoms with E-state index in [-0.39, 0.29) is 0 Å². The van der Waals surface area contributed by atoms with Gasteiger partial charge in [0.05, 0.1) is 5.71 Å². The Morgan fingerprint density at radius 3 is 2.43 bits per heavy atom. The Balaban J connectivity index is 2.15. The van der Waals surface area contributed by atoms with Gasteiger partial charge in [-0.05, 0) is 42.7 Å². The highest BCUT2D eigenvalue weighted by atomic mass is 19.1. The lowest BCUT2D eigenvalue weighted by atomic mass is 10.1. The minimum Gasteiger partial charge on any atom is -0.488 e. The molecule has 2 rings (SSSR count). The summed E-state index contributed by atoms with van der Waals surface area (Å²) in [7, 11) is 0. The summed E-state index contributed by atoms with van der Waals surface area (Å²) >= 11 is 0. The zero-order chi connectivity index (χ0) is 15.2. The fourth-order valence-electron chi connectivity index (χ4n) is 2.00. The van der Waals surface area contributed by atoms with Gasteiger partial charge in [0, 0.05) is 5.56 Å². The van der Waals surface area contributed by atoms with Gasteiger partial charge in [0.15, 0.2) is 0 Å². The molecular weight excluding hydrogens is 269 g/mol. The van der Waals surface area contributed by atoms with Crippen LogP contribution in [0.5, 0.6) is 5.75 Å². The van der Waals surface area contributed by atoms with Gasteiger partial charge in [-0.15, -0.1) is 0 Å². The van der Waals surface area contributed by atoms with Gasteiger partial charge in [0.2, 0.25) is 0 Å². The number of hydrogen-bond donors (Lipinski definition) is 1. The van der Waals surface area contributed by atoms with Crippen LogP contribution in [-0.4, -0.2) is 10.9 Å². The number of benzene rings is 2. The predicted octanol–water partition coefficient (Wildman–Crippen LogP) is 4.17. The summed E-state index contributed by atoms with van der Waals surface area (Å²) in [5.41, 5.74) is 3.05.